The van der Waals surface area contributed by atoms with Crippen molar-refractivity contribution in [1.82, 2.24) is 15.1 Å². The van der Waals surface area contributed by atoms with E-state index < -0.39 is 0 Å². The molecule has 5 heteroatoms. The third-order valence-electron chi connectivity index (χ3n) is 3.69. The van der Waals surface area contributed by atoms with Crippen molar-refractivity contribution in [3.63, 3.8) is 0 Å². The average molecular weight is 315 g/mol. The summed E-state index contributed by atoms with van der Waals surface area (Å²) < 4.78 is 6.96. The minimum absolute atomic E-state index is 0.108. The molecule has 1 atom stereocenters. The number of hydrogen-bond donors (Lipinski definition) is 1. The molecule has 0 aliphatic heterocycles. The van der Waals surface area contributed by atoms with E-state index in [1.54, 1.807) is 18.0 Å². The Morgan fingerprint density at radius 2 is 1.91 bits per heavy atom. The second kappa shape index (κ2) is 7.81. The number of benzene rings is 1. The van der Waals surface area contributed by atoms with E-state index in [-0.39, 0.29) is 11.9 Å². The van der Waals surface area contributed by atoms with Gasteiger partial charge in [-0.2, -0.15) is 5.10 Å². The molecule has 5 nitrogen and oxygen atoms in total. The van der Waals surface area contributed by atoms with Crippen LogP contribution < -0.4 is 10.1 Å². The van der Waals surface area contributed by atoms with Gasteiger partial charge in [0.15, 0.2) is 11.4 Å². The third-order valence-corrected chi connectivity index (χ3v) is 3.69. The van der Waals surface area contributed by atoms with Crippen LogP contribution in [0.3, 0.4) is 0 Å². The molecule has 23 heavy (non-hydrogen) atoms. The number of aromatic nitrogens is 2. The third kappa shape index (κ3) is 4.58. The van der Waals surface area contributed by atoms with Crippen molar-refractivity contribution in [2.45, 2.75) is 39.7 Å². The zero-order valence-electron chi connectivity index (χ0n) is 14.2. The predicted molar refractivity (Wildman–Crippen MR) is 91.1 cm³/mol. The lowest BCUT2D eigenvalue weighted by atomic mass is 10.0. The first-order chi connectivity index (χ1) is 11.0. The number of nitrogens with one attached hydrogen (secondary N) is 1. The van der Waals surface area contributed by atoms with Gasteiger partial charge in [-0.05, 0) is 37.8 Å². The topological polar surface area (TPSA) is 56.2 Å². The Morgan fingerprint density at radius 1 is 1.22 bits per heavy atom. The number of para-hydroxylation sites is 1. The Labute approximate surface area is 137 Å². The SMILES string of the molecule is COc1cn(-c2ccccc2)nc1C(=O)NC(C)CCC(C)C. The summed E-state index contributed by atoms with van der Waals surface area (Å²) in [5.74, 6) is 0.899. The molecule has 0 fully saturated rings. The van der Waals surface area contributed by atoms with Gasteiger partial charge in [0.2, 0.25) is 0 Å². The monoisotopic (exact) mass is 315 g/mol. The standard InChI is InChI=1S/C18H25N3O2/c1-13(2)10-11-14(3)19-18(22)17-16(23-4)12-21(20-17)15-8-6-5-7-9-15/h5-9,12-14H,10-11H2,1-4H3,(H,19,22). The van der Waals surface area contributed by atoms with Gasteiger partial charge in [-0.3, -0.25) is 4.79 Å². The van der Waals surface area contributed by atoms with Crippen LogP contribution in [0.25, 0.3) is 5.69 Å². The maximum Gasteiger partial charge on any atom is 0.275 e. The fourth-order valence-electron chi connectivity index (χ4n) is 2.33. The summed E-state index contributed by atoms with van der Waals surface area (Å²) in [6, 6.07) is 9.76. The molecule has 1 unspecified atom stereocenters. The van der Waals surface area contributed by atoms with Gasteiger partial charge in [-0.25, -0.2) is 4.68 Å². The van der Waals surface area contributed by atoms with Crippen molar-refractivity contribution >= 4 is 5.91 Å². The van der Waals surface area contributed by atoms with Crippen molar-refractivity contribution < 1.29 is 9.53 Å². The van der Waals surface area contributed by atoms with Crippen LogP contribution in [0.2, 0.25) is 0 Å². The number of hydrogen-bond acceptors (Lipinski definition) is 3. The fourth-order valence-corrected chi connectivity index (χ4v) is 2.33. The summed E-state index contributed by atoms with van der Waals surface area (Å²) in [5, 5.41) is 7.38. The van der Waals surface area contributed by atoms with E-state index in [2.05, 4.69) is 24.3 Å². The number of carbonyl (C=O) groups is 1. The summed E-state index contributed by atoms with van der Waals surface area (Å²) in [4.78, 5) is 12.5. The molecular formula is C18H25N3O2. The minimum Gasteiger partial charge on any atom is -0.493 e. The van der Waals surface area contributed by atoms with Crippen molar-refractivity contribution in [1.29, 1.82) is 0 Å². The van der Waals surface area contributed by atoms with Crippen LogP contribution in [-0.2, 0) is 0 Å². The fraction of sp³-hybridized carbons (Fsp3) is 0.444. The number of nitrogens with zero attached hydrogens (tertiary/aromatic N) is 2. The van der Waals surface area contributed by atoms with Crippen molar-refractivity contribution in [2.75, 3.05) is 7.11 Å². The van der Waals surface area contributed by atoms with Gasteiger partial charge >= 0.3 is 0 Å². The van der Waals surface area contributed by atoms with Gasteiger partial charge in [0.1, 0.15) is 0 Å². The van der Waals surface area contributed by atoms with Crippen molar-refractivity contribution in [3.05, 3.63) is 42.2 Å². The van der Waals surface area contributed by atoms with E-state index in [1.165, 1.54) is 0 Å². The number of amides is 1. The molecule has 2 rings (SSSR count). The molecule has 1 heterocycles. The van der Waals surface area contributed by atoms with E-state index >= 15 is 0 Å². The number of carbonyl (C=O) groups excluding carboxylic acids is 1. The maximum atomic E-state index is 12.5. The largest absolute Gasteiger partial charge is 0.493 e. The first-order valence-corrected chi connectivity index (χ1v) is 8.01. The highest BCUT2D eigenvalue weighted by molar-refractivity contribution is 5.95. The first kappa shape index (κ1) is 17.1. The molecule has 0 aliphatic carbocycles. The van der Waals surface area contributed by atoms with E-state index in [0.717, 1.165) is 18.5 Å². The molecule has 0 saturated carbocycles. The molecule has 1 aromatic carbocycles. The molecule has 1 N–H and O–H groups in total. The smallest absolute Gasteiger partial charge is 0.275 e. The van der Waals surface area contributed by atoms with E-state index in [4.69, 9.17) is 4.74 Å². The van der Waals surface area contributed by atoms with Gasteiger partial charge in [0.05, 0.1) is 19.0 Å². The second-order valence-corrected chi connectivity index (χ2v) is 6.17. The maximum absolute atomic E-state index is 12.5. The van der Waals surface area contributed by atoms with Crippen LogP contribution in [0.4, 0.5) is 0 Å². The van der Waals surface area contributed by atoms with Crippen LogP contribution in [-0.4, -0.2) is 28.8 Å². The number of rotatable bonds is 7. The van der Waals surface area contributed by atoms with Crippen LogP contribution >= 0.6 is 0 Å². The number of methoxy groups -OCH3 is 1. The highest BCUT2D eigenvalue weighted by Crippen LogP contribution is 2.19. The first-order valence-electron chi connectivity index (χ1n) is 8.01. The van der Waals surface area contributed by atoms with Gasteiger partial charge < -0.3 is 10.1 Å². The quantitative estimate of drug-likeness (QED) is 0.851. The zero-order chi connectivity index (χ0) is 16.8. The lowest BCUT2D eigenvalue weighted by Crippen LogP contribution is -2.33. The molecule has 0 saturated heterocycles. The summed E-state index contributed by atoms with van der Waals surface area (Å²) in [6.07, 6.45) is 3.76. The normalized spacial score (nSPS) is 12.2. The Bertz CT molecular complexity index is 635. The molecule has 0 spiro atoms. The molecule has 0 radical (unpaired) electrons. The van der Waals surface area contributed by atoms with E-state index in [1.807, 2.05) is 37.3 Å². The van der Waals surface area contributed by atoms with Crippen LogP contribution in [0.5, 0.6) is 5.75 Å². The summed E-state index contributed by atoms with van der Waals surface area (Å²) in [6.45, 7) is 6.37. The van der Waals surface area contributed by atoms with Crippen molar-refractivity contribution in [2.24, 2.45) is 5.92 Å². The summed E-state index contributed by atoms with van der Waals surface area (Å²) in [5.41, 5.74) is 1.20. The van der Waals surface area contributed by atoms with Crippen molar-refractivity contribution in [3.8, 4) is 11.4 Å². The molecule has 2 aromatic rings. The highest BCUT2D eigenvalue weighted by Gasteiger charge is 2.19. The lowest BCUT2D eigenvalue weighted by molar-refractivity contribution is 0.0928. The molecule has 1 amide bonds. The number of ether oxygens (including phenoxy) is 1. The Morgan fingerprint density at radius 3 is 2.52 bits per heavy atom. The molecule has 124 valence electrons. The van der Waals surface area contributed by atoms with E-state index in [0.29, 0.717) is 17.4 Å². The van der Waals surface area contributed by atoms with Crippen LogP contribution in [0.1, 0.15) is 44.1 Å². The van der Waals surface area contributed by atoms with E-state index in [9.17, 15) is 4.79 Å². The predicted octanol–water partition coefficient (Wildman–Crippen LogP) is 3.44. The van der Waals surface area contributed by atoms with Gasteiger partial charge in [-0.15, -0.1) is 0 Å². The van der Waals surface area contributed by atoms with Gasteiger partial charge in [0, 0.05) is 6.04 Å². The average Bonchev–Trinajstić information content (AvgIpc) is 2.98. The second-order valence-electron chi connectivity index (χ2n) is 6.17. The molecule has 1 aromatic heterocycles. The zero-order valence-corrected chi connectivity index (χ0v) is 14.2. The highest BCUT2D eigenvalue weighted by atomic mass is 16.5. The Hall–Kier alpha value is -2.30. The molecule has 0 bridgehead atoms. The summed E-state index contributed by atoms with van der Waals surface area (Å²) >= 11 is 0. The summed E-state index contributed by atoms with van der Waals surface area (Å²) in [7, 11) is 1.55. The Kier molecular flexibility index (Phi) is 5.79. The van der Waals surface area contributed by atoms with Gasteiger partial charge in [0.25, 0.3) is 5.91 Å². The van der Waals surface area contributed by atoms with Crippen LogP contribution in [0, 0.1) is 5.92 Å². The van der Waals surface area contributed by atoms with Crippen LogP contribution in [0.15, 0.2) is 36.5 Å². The van der Waals surface area contributed by atoms with Gasteiger partial charge in [-0.1, -0.05) is 32.0 Å². The Balaban J connectivity index is 2.12. The lowest BCUT2D eigenvalue weighted by Gasteiger charge is -2.14. The minimum atomic E-state index is -0.201. The molecular weight excluding hydrogens is 290 g/mol. The molecule has 0 aliphatic rings.